The third-order valence-corrected chi connectivity index (χ3v) is 3.71. The van der Waals surface area contributed by atoms with Gasteiger partial charge < -0.3 is 20.1 Å². The van der Waals surface area contributed by atoms with E-state index in [1.165, 1.54) is 0 Å². The number of fused-ring (bicyclic) bond motifs is 1. The molecule has 1 aromatic carbocycles. The molecule has 2 heterocycles. The molecule has 0 fully saturated rings. The molecule has 0 saturated carbocycles. The Labute approximate surface area is 151 Å². The van der Waals surface area contributed by atoms with E-state index in [4.69, 9.17) is 27.7 Å². The largest absolute Gasteiger partial charge is 0.505 e. The SMILES string of the molecule is C#Cc1nc(C(=O)NCC(=O)O)c(O)c2c(-c3ccc(Cl)cc3)noc12. The monoisotopic (exact) mass is 371 g/mol. The molecule has 8 nitrogen and oxygen atoms in total. The molecule has 0 bridgehead atoms. The average Bonchev–Trinajstić information content (AvgIpc) is 3.06. The van der Waals surface area contributed by atoms with Gasteiger partial charge in [-0.25, -0.2) is 4.98 Å². The van der Waals surface area contributed by atoms with Crippen LogP contribution in [0.1, 0.15) is 16.2 Å². The Bertz CT molecular complexity index is 1070. The van der Waals surface area contributed by atoms with E-state index in [0.717, 1.165) is 0 Å². The fourth-order valence-electron chi connectivity index (χ4n) is 2.31. The molecule has 2 aromatic heterocycles. The summed E-state index contributed by atoms with van der Waals surface area (Å²) >= 11 is 5.87. The minimum absolute atomic E-state index is 0.0322. The lowest BCUT2D eigenvalue weighted by molar-refractivity contribution is -0.135. The smallest absolute Gasteiger partial charge is 0.322 e. The molecule has 0 aliphatic heterocycles. The van der Waals surface area contributed by atoms with Crippen molar-refractivity contribution in [2.75, 3.05) is 6.54 Å². The molecule has 0 aliphatic carbocycles. The van der Waals surface area contributed by atoms with Crippen molar-refractivity contribution in [1.82, 2.24) is 15.5 Å². The van der Waals surface area contributed by atoms with Crippen molar-refractivity contribution >= 4 is 34.4 Å². The number of benzene rings is 1. The normalized spacial score (nSPS) is 10.5. The van der Waals surface area contributed by atoms with Crippen LogP contribution < -0.4 is 5.32 Å². The number of carbonyl (C=O) groups is 2. The minimum atomic E-state index is -1.25. The van der Waals surface area contributed by atoms with Gasteiger partial charge in [-0.05, 0) is 18.1 Å². The quantitative estimate of drug-likeness (QED) is 0.599. The second-order valence-electron chi connectivity index (χ2n) is 5.12. The first-order valence-corrected chi connectivity index (χ1v) is 7.55. The van der Waals surface area contributed by atoms with Gasteiger partial charge >= 0.3 is 5.97 Å². The maximum Gasteiger partial charge on any atom is 0.322 e. The molecular formula is C17H10ClN3O5. The van der Waals surface area contributed by atoms with Gasteiger partial charge in [-0.3, -0.25) is 9.59 Å². The third kappa shape index (κ3) is 3.03. The maximum atomic E-state index is 12.2. The number of terminal acetylenes is 1. The van der Waals surface area contributed by atoms with Crippen LogP contribution >= 0.6 is 11.6 Å². The van der Waals surface area contributed by atoms with Gasteiger partial charge in [0.25, 0.3) is 5.91 Å². The molecule has 0 radical (unpaired) electrons. The summed E-state index contributed by atoms with van der Waals surface area (Å²) in [5.74, 6) is -0.406. The number of nitrogens with zero attached hydrogens (tertiary/aromatic N) is 2. The van der Waals surface area contributed by atoms with Crippen LogP contribution in [-0.2, 0) is 4.79 Å². The van der Waals surface area contributed by atoms with Crippen LogP contribution in [0.3, 0.4) is 0 Å². The number of carboxylic acid groups (broad SMARTS) is 1. The summed E-state index contributed by atoms with van der Waals surface area (Å²) in [7, 11) is 0. The van der Waals surface area contributed by atoms with Gasteiger partial charge in [0.1, 0.15) is 12.2 Å². The summed E-state index contributed by atoms with van der Waals surface area (Å²) in [5, 5.41) is 25.8. The summed E-state index contributed by atoms with van der Waals surface area (Å²) in [4.78, 5) is 26.6. The Balaban J connectivity index is 2.20. The highest BCUT2D eigenvalue weighted by Gasteiger charge is 2.25. The molecule has 0 atom stereocenters. The van der Waals surface area contributed by atoms with Crippen LogP contribution in [0, 0.1) is 12.3 Å². The van der Waals surface area contributed by atoms with Crippen LogP contribution in [0.25, 0.3) is 22.2 Å². The van der Waals surface area contributed by atoms with Crippen molar-refractivity contribution in [2.24, 2.45) is 0 Å². The first-order chi connectivity index (χ1) is 12.4. The van der Waals surface area contributed by atoms with Crippen LogP contribution in [0.5, 0.6) is 5.75 Å². The Morgan fingerprint density at radius 1 is 1.31 bits per heavy atom. The Hall–Kier alpha value is -3.57. The molecule has 3 rings (SSSR count). The number of pyridine rings is 1. The lowest BCUT2D eigenvalue weighted by atomic mass is 10.1. The molecule has 26 heavy (non-hydrogen) atoms. The van der Waals surface area contributed by atoms with E-state index < -0.39 is 29.9 Å². The van der Waals surface area contributed by atoms with Crippen molar-refractivity contribution in [3.05, 3.63) is 40.7 Å². The van der Waals surface area contributed by atoms with E-state index in [2.05, 4.69) is 21.4 Å². The maximum absolute atomic E-state index is 12.2. The number of rotatable bonds is 4. The van der Waals surface area contributed by atoms with Crippen molar-refractivity contribution in [3.63, 3.8) is 0 Å². The number of carbonyl (C=O) groups excluding carboxylic acids is 1. The molecule has 0 spiro atoms. The van der Waals surface area contributed by atoms with Gasteiger partial charge in [0.05, 0.1) is 5.39 Å². The van der Waals surface area contributed by atoms with Gasteiger partial charge in [0, 0.05) is 10.6 Å². The highest BCUT2D eigenvalue weighted by atomic mass is 35.5. The molecule has 9 heteroatoms. The number of aliphatic carboxylic acids is 1. The zero-order chi connectivity index (χ0) is 18.8. The lowest BCUT2D eigenvalue weighted by Gasteiger charge is -2.06. The predicted molar refractivity (Wildman–Crippen MR) is 91.8 cm³/mol. The molecule has 3 N–H and O–H groups in total. The van der Waals surface area contributed by atoms with E-state index in [0.29, 0.717) is 10.6 Å². The third-order valence-electron chi connectivity index (χ3n) is 3.46. The van der Waals surface area contributed by atoms with E-state index in [-0.39, 0.29) is 22.4 Å². The number of nitrogens with one attached hydrogen (secondary N) is 1. The van der Waals surface area contributed by atoms with E-state index in [9.17, 15) is 14.7 Å². The number of amides is 1. The number of hydrogen-bond donors (Lipinski definition) is 3. The van der Waals surface area contributed by atoms with Crippen LogP contribution in [0.2, 0.25) is 5.02 Å². The molecule has 1 amide bonds. The van der Waals surface area contributed by atoms with Gasteiger partial charge in [0.2, 0.25) is 5.58 Å². The Morgan fingerprint density at radius 2 is 2.00 bits per heavy atom. The molecule has 0 aliphatic rings. The Kier molecular flexibility index (Phi) is 4.47. The molecule has 3 aromatic rings. The van der Waals surface area contributed by atoms with Gasteiger partial charge in [0.15, 0.2) is 17.1 Å². The molecule has 0 unspecified atom stereocenters. The average molecular weight is 372 g/mol. The van der Waals surface area contributed by atoms with E-state index in [1.807, 2.05) is 0 Å². The van der Waals surface area contributed by atoms with Gasteiger partial charge in [-0.2, -0.15) is 0 Å². The summed E-state index contributed by atoms with van der Waals surface area (Å²) in [6.07, 6.45) is 5.40. The summed E-state index contributed by atoms with van der Waals surface area (Å²) in [6.45, 7) is -0.642. The van der Waals surface area contributed by atoms with Crippen molar-refractivity contribution in [1.29, 1.82) is 0 Å². The number of aromatic nitrogens is 2. The molecular weight excluding hydrogens is 362 g/mol. The van der Waals surface area contributed by atoms with Crippen LogP contribution in [0.15, 0.2) is 28.8 Å². The molecule has 0 saturated heterocycles. The second kappa shape index (κ2) is 6.74. The second-order valence-corrected chi connectivity index (χ2v) is 5.56. The lowest BCUT2D eigenvalue weighted by Crippen LogP contribution is -2.30. The number of halogens is 1. The van der Waals surface area contributed by atoms with Crippen LogP contribution in [-0.4, -0.2) is 38.8 Å². The standard InChI is InChI=1S/C17H10ClN3O5/c1-2-10-16-12(13(21-26-16)8-3-5-9(18)6-4-8)15(24)14(20-10)17(25)19-7-11(22)23/h1,3-6,24H,7H2,(H,19,25)(H,22,23). The summed E-state index contributed by atoms with van der Waals surface area (Å²) in [5.41, 5.74) is 0.357. The van der Waals surface area contributed by atoms with E-state index in [1.54, 1.807) is 24.3 Å². The van der Waals surface area contributed by atoms with Gasteiger partial charge in [-0.1, -0.05) is 28.9 Å². The summed E-state index contributed by atoms with van der Waals surface area (Å²) in [6, 6.07) is 6.55. The topological polar surface area (TPSA) is 126 Å². The highest BCUT2D eigenvalue weighted by molar-refractivity contribution is 6.30. The predicted octanol–water partition coefficient (Wildman–Crippen LogP) is 2.04. The first kappa shape index (κ1) is 17.3. The van der Waals surface area contributed by atoms with E-state index >= 15 is 0 Å². The fourth-order valence-corrected chi connectivity index (χ4v) is 2.43. The first-order valence-electron chi connectivity index (χ1n) is 7.17. The van der Waals surface area contributed by atoms with Crippen molar-refractivity contribution < 1.29 is 24.3 Å². The van der Waals surface area contributed by atoms with Crippen molar-refractivity contribution in [3.8, 4) is 29.4 Å². The fraction of sp³-hybridized carbons (Fsp3) is 0.0588. The van der Waals surface area contributed by atoms with Crippen molar-refractivity contribution in [2.45, 2.75) is 0 Å². The number of hydrogen-bond acceptors (Lipinski definition) is 6. The van der Waals surface area contributed by atoms with Gasteiger partial charge in [-0.15, -0.1) is 6.42 Å². The number of carboxylic acids is 1. The molecule has 130 valence electrons. The zero-order valence-electron chi connectivity index (χ0n) is 13.0. The zero-order valence-corrected chi connectivity index (χ0v) is 13.7. The van der Waals surface area contributed by atoms with Crippen LogP contribution in [0.4, 0.5) is 0 Å². The summed E-state index contributed by atoms with van der Waals surface area (Å²) < 4.78 is 5.20. The Morgan fingerprint density at radius 3 is 2.62 bits per heavy atom. The minimum Gasteiger partial charge on any atom is -0.505 e. The highest BCUT2D eigenvalue weighted by Crippen LogP contribution is 2.37. The number of aromatic hydroxyl groups is 1.